The maximum absolute atomic E-state index is 8.90. The number of nitrogens with zero attached hydrogens (tertiary/aromatic N) is 5. The molecule has 1 fully saturated rings. The van der Waals surface area contributed by atoms with Crippen LogP contribution in [0.3, 0.4) is 0 Å². The third-order valence-electron chi connectivity index (χ3n) is 4.29. The zero-order valence-corrected chi connectivity index (χ0v) is 13.2. The molecule has 0 N–H and O–H groups in total. The zero-order valence-electron chi connectivity index (χ0n) is 13.2. The van der Waals surface area contributed by atoms with Gasteiger partial charge in [-0.1, -0.05) is 0 Å². The minimum absolute atomic E-state index is 0.409. The molecule has 0 aliphatic carbocycles. The second-order valence-electron chi connectivity index (χ2n) is 5.97. The van der Waals surface area contributed by atoms with E-state index in [2.05, 4.69) is 38.7 Å². The topological polar surface area (TPSA) is 57.7 Å². The van der Waals surface area contributed by atoms with Gasteiger partial charge < -0.3 is 4.90 Å². The van der Waals surface area contributed by atoms with Crippen LogP contribution in [0.25, 0.3) is 0 Å². The number of nitriles is 1. The van der Waals surface area contributed by atoms with E-state index in [0.29, 0.717) is 11.6 Å². The lowest BCUT2D eigenvalue weighted by Gasteiger charge is -2.36. The molecule has 1 aliphatic heterocycles. The van der Waals surface area contributed by atoms with Crippen molar-refractivity contribution in [3.05, 3.63) is 41.3 Å². The smallest absolute Gasteiger partial charge is 0.128 e. The van der Waals surface area contributed by atoms with Crippen LogP contribution in [0, 0.1) is 25.2 Å². The summed E-state index contributed by atoms with van der Waals surface area (Å²) in [5, 5.41) is 13.5. The van der Waals surface area contributed by atoms with Gasteiger partial charge in [-0.3, -0.25) is 4.68 Å². The van der Waals surface area contributed by atoms with Crippen LogP contribution in [0.2, 0.25) is 0 Å². The Morgan fingerprint density at radius 3 is 2.82 bits per heavy atom. The van der Waals surface area contributed by atoms with Gasteiger partial charge in [-0.25, -0.2) is 4.98 Å². The molecule has 0 aromatic carbocycles. The van der Waals surface area contributed by atoms with E-state index >= 15 is 0 Å². The van der Waals surface area contributed by atoms with E-state index in [1.165, 1.54) is 18.5 Å². The van der Waals surface area contributed by atoms with Crippen LogP contribution in [0.15, 0.2) is 24.4 Å². The van der Waals surface area contributed by atoms with E-state index in [-0.39, 0.29) is 0 Å². The van der Waals surface area contributed by atoms with Gasteiger partial charge in [0.2, 0.25) is 0 Å². The molecule has 0 amide bonds. The summed E-state index contributed by atoms with van der Waals surface area (Å²) in [7, 11) is 0. The highest BCUT2D eigenvalue weighted by Crippen LogP contribution is 2.24. The Hall–Kier alpha value is -2.35. The minimum atomic E-state index is 0.409. The van der Waals surface area contributed by atoms with Crippen molar-refractivity contribution in [2.75, 3.05) is 11.4 Å². The average Bonchev–Trinajstić information content (AvgIpc) is 2.86. The molecule has 5 nitrogen and oxygen atoms in total. The Morgan fingerprint density at radius 2 is 2.18 bits per heavy atom. The fraction of sp³-hybridized carbons (Fsp3) is 0.471. The standard InChI is InChI=1S/C17H21N5/c1-13-9-14(2)22(20-13)12-16-5-3-4-8-21(16)17-7-6-15(10-18)11-19-17/h6-7,9,11,16H,3-5,8,12H2,1-2H3/t16-/m1/s1. The monoisotopic (exact) mass is 295 g/mol. The van der Waals surface area contributed by atoms with E-state index in [9.17, 15) is 0 Å². The molecule has 3 heterocycles. The summed E-state index contributed by atoms with van der Waals surface area (Å²) in [4.78, 5) is 6.83. The molecule has 22 heavy (non-hydrogen) atoms. The number of pyridine rings is 1. The first-order valence-electron chi connectivity index (χ1n) is 7.81. The molecule has 0 spiro atoms. The van der Waals surface area contributed by atoms with Crippen LogP contribution in [-0.2, 0) is 6.54 Å². The van der Waals surface area contributed by atoms with Crippen LogP contribution in [0.4, 0.5) is 5.82 Å². The van der Waals surface area contributed by atoms with Gasteiger partial charge in [0.05, 0.1) is 23.8 Å². The zero-order chi connectivity index (χ0) is 15.5. The van der Waals surface area contributed by atoms with Crippen molar-refractivity contribution in [3.8, 4) is 6.07 Å². The highest BCUT2D eigenvalue weighted by molar-refractivity contribution is 5.43. The van der Waals surface area contributed by atoms with E-state index in [0.717, 1.165) is 31.0 Å². The molecule has 0 radical (unpaired) electrons. The molecule has 3 rings (SSSR count). The highest BCUT2D eigenvalue weighted by atomic mass is 15.3. The molecular weight excluding hydrogens is 274 g/mol. The lowest BCUT2D eigenvalue weighted by Crippen LogP contribution is -2.43. The van der Waals surface area contributed by atoms with Gasteiger partial charge in [0.15, 0.2) is 0 Å². The van der Waals surface area contributed by atoms with Crippen molar-refractivity contribution in [2.24, 2.45) is 0 Å². The first kappa shape index (κ1) is 14.6. The number of aryl methyl sites for hydroxylation is 2. The molecule has 114 valence electrons. The molecule has 0 bridgehead atoms. The largest absolute Gasteiger partial charge is 0.352 e. The van der Waals surface area contributed by atoms with Crippen molar-refractivity contribution in [2.45, 2.75) is 45.7 Å². The number of hydrogen-bond acceptors (Lipinski definition) is 4. The summed E-state index contributed by atoms with van der Waals surface area (Å²) in [5.74, 6) is 0.963. The highest BCUT2D eigenvalue weighted by Gasteiger charge is 2.24. The predicted octanol–water partition coefficient (Wildman–Crippen LogP) is 2.83. The lowest BCUT2D eigenvalue weighted by atomic mass is 10.0. The number of rotatable bonds is 3. The molecule has 5 heteroatoms. The van der Waals surface area contributed by atoms with E-state index < -0.39 is 0 Å². The lowest BCUT2D eigenvalue weighted by molar-refractivity contribution is 0.392. The van der Waals surface area contributed by atoms with Crippen molar-refractivity contribution in [1.29, 1.82) is 5.26 Å². The van der Waals surface area contributed by atoms with Crippen LogP contribution in [0.1, 0.15) is 36.2 Å². The molecule has 2 aromatic heterocycles. The maximum Gasteiger partial charge on any atom is 0.128 e. The van der Waals surface area contributed by atoms with Gasteiger partial charge in [-0.2, -0.15) is 10.4 Å². The number of hydrogen-bond donors (Lipinski definition) is 0. The summed E-state index contributed by atoms with van der Waals surface area (Å²) >= 11 is 0. The first-order valence-corrected chi connectivity index (χ1v) is 7.81. The predicted molar refractivity (Wildman–Crippen MR) is 85.6 cm³/mol. The quantitative estimate of drug-likeness (QED) is 0.873. The van der Waals surface area contributed by atoms with Crippen molar-refractivity contribution in [3.63, 3.8) is 0 Å². The molecule has 0 saturated carbocycles. The van der Waals surface area contributed by atoms with Gasteiger partial charge >= 0.3 is 0 Å². The summed E-state index contributed by atoms with van der Waals surface area (Å²) in [6.45, 7) is 6.04. The number of anilines is 1. The maximum atomic E-state index is 8.90. The first-order chi connectivity index (χ1) is 10.7. The van der Waals surface area contributed by atoms with Gasteiger partial charge in [0.1, 0.15) is 11.9 Å². The Balaban J connectivity index is 1.81. The third-order valence-corrected chi connectivity index (χ3v) is 4.29. The summed E-state index contributed by atoms with van der Waals surface area (Å²) in [6, 6.07) is 8.45. The van der Waals surface area contributed by atoms with Crippen LogP contribution >= 0.6 is 0 Å². The Morgan fingerprint density at radius 1 is 1.32 bits per heavy atom. The van der Waals surface area contributed by atoms with Gasteiger partial charge in [0.25, 0.3) is 0 Å². The summed E-state index contributed by atoms with van der Waals surface area (Å²) in [6.07, 6.45) is 5.25. The van der Waals surface area contributed by atoms with Gasteiger partial charge in [-0.05, 0) is 51.3 Å². The van der Waals surface area contributed by atoms with Gasteiger partial charge in [0, 0.05) is 18.4 Å². The van der Waals surface area contributed by atoms with E-state index in [1.807, 2.05) is 19.1 Å². The fourth-order valence-electron chi connectivity index (χ4n) is 3.17. The minimum Gasteiger partial charge on any atom is -0.352 e. The molecule has 1 saturated heterocycles. The van der Waals surface area contributed by atoms with E-state index in [1.54, 1.807) is 6.20 Å². The normalized spacial score (nSPS) is 18.2. The molecule has 0 unspecified atom stereocenters. The van der Waals surface area contributed by atoms with E-state index in [4.69, 9.17) is 5.26 Å². The van der Waals surface area contributed by atoms with Crippen molar-refractivity contribution in [1.82, 2.24) is 14.8 Å². The number of aromatic nitrogens is 3. The van der Waals surface area contributed by atoms with Crippen molar-refractivity contribution >= 4 is 5.82 Å². The van der Waals surface area contributed by atoms with Crippen LogP contribution in [-0.4, -0.2) is 27.4 Å². The summed E-state index contributed by atoms with van der Waals surface area (Å²) in [5.41, 5.74) is 2.88. The second-order valence-corrected chi connectivity index (χ2v) is 5.97. The Kier molecular flexibility index (Phi) is 4.10. The summed E-state index contributed by atoms with van der Waals surface area (Å²) < 4.78 is 2.10. The molecule has 2 aromatic rings. The van der Waals surface area contributed by atoms with Crippen LogP contribution in [0.5, 0.6) is 0 Å². The fourth-order valence-corrected chi connectivity index (χ4v) is 3.17. The average molecular weight is 295 g/mol. The van der Waals surface area contributed by atoms with Crippen molar-refractivity contribution < 1.29 is 0 Å². The second kappa shape index (κ2) is 6.18. The molecular formula is C17H21N5. The number of piperidine rings is 1. The Labute approximate surface area is 131 Å². The van der Waals surface area contributed by atoms with Crippen LogP contribution < -0.4 is 4.90 Å². The Bertz CT molecular complexity index is 680. The SMILES string of the molecule is Cc1cc(C)n(C[C@H]2CCCCN2c2ccc(C#N)cn2)n1. The molecule has 1 aliphatic rings. The van der Waals surface area contributed by atoms with Gasteiger partial charge in [-0.15, -0.1) is 0 Å². The molecule has 1 atom stereocenters. The third kappa shape index (κ3) is 2.96.